The van der Waals surface area contributed by atoms with E-state index in [4.69, 9.17) is 16.3 Å². The van der Waals surface area contributed by atoms with E-state index in [0.29, 0.717) is 11.1 Å². The Morgan fingerprint density at radius 1 is 1.29 bits per heavy atom. The van der Waals surface area contributed by atoms with Gasteiger partial charge in [0.25, 0.3) is 0 Å². The molecule has 1 rings (SSSR count). The van der Waals surface area contributed by atoms with E-state index >= 15 is 0 Å². The summed E-state index contributed by atoms with van der Waals surface area (Å²) in [5.74, 6) is 1.35. The summed E-state index contributed by atoms with van der Waals surface area (Å²) in [7, 11) is 0. The van der Waals surface area contributed by atoms with Crippen LogP contribution in [0.4, 0.5) is 0 Å². The second-order valence-electron chi connectivity index (χ2n) is 5.95. The Bertz CT molecular complexity index is 476. The van der Waals surface area contributed by atoms with E-state index in [9.17, 15) is 0 Å². The SMILES string of the molecule is CCNC(=NCCC(OCC)C(C)C)NCCc1ccc(Cl)nc1. The van der Waals surface area contributed by atoms with Crippen molar-refractivity contribution < 1.29 is 4.74 Å². The first kappa shape index (κ1) is 20.7. The van der Waals surface area contributed by atoms with E-state index < -0.39 is 0 Å². The molecule has 5 nitrogen and oxygen atoms in total. The minimum atomic E-state index is 0.266. The number of guanidine groups is 1. The third kappa shape index (κ3) is 8.50. The molecule has 0 spiro atoms. The van der Waals surface area contributed by atoms with Gasteiger partial charge < -0.3 is 15.4 Å². The summed E-state index contributed by atoms with van der Waals surface area (Å²) >= 11 is 5.80. The van der Waals surface area contributed by atoms with Crippen LogP contribution in [0.15, 0.2) is 23.3 Å². The van der Waals surface area contributed by atoms with Crippen LogP contribution < -0.4 is 10.6 Å². The van der Waals surface area contributed by atoms with Crippen molar-refractivity contribution in [3.8, 4) is 0 Å². The van der Waals surface area contributed by atoms with E-state index in [0.717, 1.165) is 50.6 Å². The molecule has 0 amide bonds. The third-order valence-corrected chi connectivity index (χ3v) is 3.87. The molecule has 0 aliphatic rings. The Kier molecular flexibility index (Phi) is 10.4. The first-order valence-corrected chi connectivity index (χ1v) is 9.18. The van der Waals surface area contributed by atoms with Gasteiger partial charge in [0.15, 0.2) is 5.96 Å². The number of rotatable bonds is 10. The average molecular weight is 355 g/mol. The summed E-state index contributed by atoms with van der Waals surface area (Å²) in [6.07, 6.45) is 3.89. The molecule has 1 aromatic rings. The average Bonchev–Trinajstić information content (AvgIpc) is 2.55. The largest absolute Gasteiger partial charge is 0.378 e. The number of aromatic nitrogens is 1. The van der Waals surface area contributed by atoms with Crippen LogP contribution in [0.2, 0.25) is 5.15 Å². The summed E-state index contributed by atoms with van der Waals surface area (Å²) in [6.45, 7) is 11.6. The number of pyridine rings is 1. The molecule has 0 bridgehead atoms. The van der Waals surface area contributed by atoms with Crippen molar-refractivity contribution in [1.82, 2.24) is 15.6 Å². The summed E-state index contributed by atoms with van der Waals surface area (Å²) in [5, 5.41) is 7.15. The summed E-state index contributed by atoms with van der Waals surface area (Å²) < 4.78 is 5.77. The van der Waals surface area contributed by atoms with E-state index in [1.165, 1.54) is 0 Å². The lowest BCUT2D eigenvalue weighted by Gasteiger charge is -2.20. The molecule has 136 valence electrons. The van der Waals surface area contributed by atoms with Gasteiger partial charge >= 0.3 is 0 Å². The maximum Gasteiger partial charge on any atom is 0.191 e. The van der Waals surface area contributed by atoms with Crippen LogP contribution in [0.25, 0.3) is 0 Å². The molecular formula is C18H31ClN4O. The van der Waals surface area contributed by atoms with Gasteiger partial charge in [-0.05, 0) is 44.2 Å². The molecule has 1 atom stereocenters. The van der Waals surface area contributed by atoms with Crippen molar-refractivity contribution in [1.29, 1.82) is 0 Å². The lowest BCUT2D eigenvalue weighted by Crippen LogP contribution is -2.38. The van der Waals surface area contributed by atoms with Gasteiger partial charge in [0.2, 0.25) is 0 Å². The molecule has 0 aromatic carbocycles. The smallest absolute Gasteiger partial charge is 0.191 e. The Labute approximate surface area is 151 Å². The topological polar surface area (TPSA) is 58.5 Å². The number of aliphatic imine (C=N–C) groups is 1. The van der Waals surface area contributed by atoms with Gasteiger partial charge in [-0.15, -0.1) is 0 Å². The fourth-order valence-electron chi connectivity index (χ4n) is 2.35. The fraction of sp³-hybridized carbons (Fsp3) is 0.667. The number of hydrogen-bond donors (Lipinski definition) is 2. The zero-order valence-electron chi connectivity index (χ0n) is 15.3. The highest BCUT2D eigenvalue weighted by Gasteiger charge is 2.12. The van der Waals surface area contributed by atoms with Crippen molar-refractivity contribution in [2.75, 3.05) is 26.2 Å². The lowest BCUT2D eigenvalue weighted by atomic mass is 10.0. The molecule has 0 saturated heterocycles. The van der Waals surface area contributed by atoms with Gasteiger partial charge in [-0.1, -0.05) is 31.5 Å². The molecule has 2 N–H and O–H groups in total. The normalized spacial score (nSPS) is 13.2. The van der Waals surface area contributed by atoms with Gasteiger partial charge in [0.05, 0.1) is 6.10 Å². The van der Waals surface area contributed by atoms with Crippen LogP contribution >= 0.6 is 11.6 Å². The quantitative estimate of drug-likeness (QED) is 0.384. The van der Waals surface area contributed by atoms with Crippen LogP contribution in [0.5, 0.6) is 0 Å². The second kappa shape index (κ2) is 12.1. The first-order valence-electron chi connectivity index (χ1n) is 8.81. The molecule has 24 heavy (non-hydrogen) atoms. The number of hydrogen-bond acceptors (Lipinski definition) is 3. The molecule has 0 aliphatic carbocycles. The van der Waals surface area contributed by atoms with Crippen molar-refractivity contribution in [3.63, 3.8) is 0 Å². The molecule has 1 unspecified atom stereocenters. The Morgan fingerprint density at radius 3 is 2.67 bits per heavy atom. The molecule has 0 radical (unpaired) electrons. The molecule has 1 aromatic heterocycles. The molecule has 0 saturated carbocycles. The van der Waals surface area contributed by atoms with Gasteiger partial charge in [-0.25, -0.2) is 4.98 Å². The maximum absolute atomic E-state index is 5.80. The van der Waals surface area contributed by atoms with Crippen LogP contribution in [0.1, 0.15) is 39.7 Å². The summed E-state index contributed by atoms with van der Waals surface area (Å²) in [5.41, 5.74) is 1.15. The first-order chi connectivity index (χ1) is 11.6. The number of nitrogens with one attached hydrogen (secondary N) is 2. The minimum absolute atomic E-state index is 0.266. The van der Waals surface area contributed by atoms with Crippen molar-refractivity contribution in [2.24, 2.45) is 10.9 Å². The molecular weight excluding hydrogens is 324 g/mol. The highest BCUT2D eigenvalue weighted by Crippen LogP contribution is 2.10. The highest BCUT2D eigenvalue weighted by atomic mass is 35.5. The standard InChI is InChI=1S/C18H31ClN4O/c1-5-20-18(22-12-10-16(14(3)4)24-6-2)21-11-9-15-7-8-17(19)23-13-15/h7-8,13-14,16H,5-6,9-12H2,1-4H3,(H2,20,21,22). The Hall–Kier alpha value is -1.33. The minimum Gasteiger partial charge on any atom is -0.378 e. The van der Waals surface area contributed by atoms with Crippen molar-refractivity contribution >= 4 is 17.6 Å². The van der Waals surface area contributed by atoms with Gasteiger partial charge in [0.1, 0.15) is 5.15 Å². The number of nitrogens with zero attached hydrogens (tertiary/aromatic N) is 2. The molecule has 0 fully saturated rings. The van der Waals surface area contributed by atoms with Gasteiger partial charge in [-0.2, -0.15) is 0 Å². The predicted molar refractivity (Wildman–Crippen MR) is 102 cm³/mol. The molecule has 6 heteroatoms. The summed E-state index contributed by atoms with van der Waals surface area (Å²) in [4.78, 5) is 8.73. The maximum atomic E-state index is 5.80. The van der Waals surface area contributed by atoms with E-state index in [2.05, 4.69) is 41.4 Å². The van der Waals surface area contributed by atoms with Gasteiger partial charge in [-0.3, -0.25) is 4.99 Å². The number of halogens is 1. The van der Waals surface area contributed by atoms with Crippen molar-refractivity contribution in [2.45, 2.75) is 46.6 Å². The molecule has 0 aliphatic heterocycles. The van der Waals surface area contributed by atoms with Crippen LogP contribution in [0.3, 0.4) is 0 Å². The zero-order chi connectivity index (χ0) is 17.8. The van der Waals surface area contributed by atoms with E-state index in [1.807, 2.05) is 25.3 Å². The highest BCUT2D eigenvalue weighted by molar-refractivity contribution is 6.29. The van der Waals surface area contributed by atoms with E-state index in [1.54, 1.807) is 0 Å². The zero-order valence-corrected chi connectivity index (χ0v) is 16.1. The summed E-state index contributed by atoms with van der Waals surface area (Å²) in [6, 6.07) is 3.81. The van der Waals surface area contributed by atoms with Crippen molar-refractivity contribution in [3.05, 3.63) is 29.0 Å². The van der Waals surface area contributed by atoms with Crippen LogP contribution in [-0.4, -0.2) is 43.3 Å². The monoisotopic (exact) mass is 354 g/mol. The lowest BCUT2D eigenvalue weighted by molar-refractivity contribution is 0.0266. The predicted octanol–water partition coefficient (Wildman–Crippen LogP) is 3.28. The Morgan fingerprint density at radius 2 is 2.08 bits per heavy atom. The fourth-order valence-corrected chi connectivity index (χ4v) is 2.46. The Balaban J connectivity index is 2.42. The van der Waals surface area contributed by atoms with Gasteiger partial charge in [0, 0.05) is 32.4 Å². The second-order valence-corrected chi connectivity index (χ2v) is 6.34. The third-order valence-electron chi connectivity index (χ3n) is 3.65. The van der Waals surface area contributed by atoms with E-state index in [-0.39, 0.29) is 6.10 Å². The van der Waals surface area contributed by atoms with Crippen LogP contribution in [-0.2, 0) is 11.2 Å². The van der Waals surface area contributed by atoms with Crippen LogP contribution in [0, 0.1) is 5.92 Å². The number of ether oxygens (including phenoxy) is 1. The molecule has 1 heterocycles.